The number of anilines is 3. The number of rotatable bonds is 9. The molecule has 7 rings (SSSR count). The Morgan fingerprint density at radius 2 is 1.30 bits per heavy atom. The molecule has 4 aromatic carbocycles. The minimum atomic E-state index is -4.44. The lowest BCUT2D eigenvalue weighted by atomic mass is 9.78. The molecule has 1 aliphatic carbocycles. The third kappa shape index (κ3) is 6.87. The van der Waals surface area contributed by atoms with Crippen LogP contribution in [0.4, 0.5) is 49.1 Å². The standard InChI is InChI=1S/C47H48F6N3/c1-7-54-39-25-23-33(46(48,49)50)29-37(39)44(3,4)41(54)27-21-31-19-20-32(43(31)56(35-15-11-9-12-16-35)36-17-13-10-14-18-36)22-28-42-45(5,6)38-30-34(47(51,52)53)24-26-40(38)55(42)8-2/h9-18,21-27,29-30,42H,7-8,19-20,28H2,1-6H3/q+1/b32-22+. The maximum absolute atomic E-state index is 13.9. The van der Waals surface area contributed by atoms with Gasteiger partial charge in [-0.25, -0.2) is 0 Å². The second-order valence-electron chi connectivity index (χ2n) is 15.9. The molecule has 2 aliphatic heterocycles. The quantitative estimate of drug-likeness (QED) is 0.124. The van der Waals surface area contributed by atoms with Crippen LogP contribution in [0.25, 0.3) is 0 Å². The van der Waals surface area contributed by atoms with Crippen molar-refractivity contribution in [2.75, 3.05) is 22.9 Å². The van der Waals surface area contributed by atoms with Gasteiger partial charge in [-0.2, -0.15) is 30.9 Å². The van der Waals surface area contributed by atoms with E-state index in [0.29, 0.717) is 30.6 Å². The lowest BCUT2D eigenvalue weighted by Crippen LogP contribution is -2.41. The van der Waals surface area contributed by atoms with E-state index in [4.69, 9.17) is 0 Å². The van der Waals surface area contributed by atoms with Gasteiger partial charge >= 0.3 is 12.4 Å². The molecule has 0 radical (unpaired) electrons. The lowest BCUT2D eigenvalue weighted by molar-refractivity contribution is -0.433. The van der Waals surface area contributed by atoms with Gasteiger partial charge in [-0.05, 0) is 118 Å². The van der Waals surface area contributed by atoms with Crippen LogP contribution < -0.4 is 9.80 Å². The van der Waals surface area contributed by atoms with Gasteiger partial charge in [0.15, 0.2) is 5.71 Å². The summed E-state index contributed by atoms with van der Waals surface area (Å²) in [4.78, 5) is 4.50. The van der Waals surface area contributed by atoms with Crippen LogP contribution in [0.15, 0.2) is 132 Å². The molecule has 56 heavy (non-hydrogen) atoms. The van der Waals surface area contributed by atoms with Crippen molar-refractivity contribution in [1.82, 2.24) is 0 Å². The molecule has 9 heteroatoms. The molecule has 2 heterocycles. The zero-order chi connectivity index (χ0) is 40.2. The molecule has 0 aromatic heterocycles. The number of likely N-dealkylation sites (N-methyl/N-ethyl adjacent to an activating group) is 1. The van der Waals surface area contributed by atoms with Crippen molar-refractivity contribution in [1.29, 1.82) is 0 Å². The summed E-state index contributed by atoms with van der Waals surface area (Å²) < 4.78 is 85.2. The van der Waals surface area contributed by atoms with Crippen LogP contribution in [0.2, 0.25) is 0 Å². The molecule has 0 spiro atoms. The second-order valence-corrected chi connectivity index (χ2v) is 15.9. The van der Waals surface area contributed by atoms with Crippen molar-refractivity contribution >= 4 is 28.5 Å². The fourth-order valence-electron chi connectivity index (χ4n) is 9.08. The second kappa shape index (κ2) is 14.5. The first-order valence-corrected chi connectivity index (χ1v) is 19.3. The van der Waals surface area contributed by atoms with Crippen LogP contribution in [0, 0.1) is 0 Å². The molecule has 0 fully saturated rings. The molecule has 1 atom stereocenters. The predicted octanol–water partition coefficient (Wildman–Crippen LogP) is 13.1. The average Bonchev–Trinajstić information content (AvgIpc) is 3.73. The zero-order valence-electron chi connectivity index (χ0n) is 32.7. The molecule has 292 valence electrons. The number of nitrogens with zero attached hydrogens (tertiary/aromatic N) is 3. The normalized spacial score (nSPS) is 19.8. The molecule has 0 bridgehead atoms. The van der Waals surface area contributed by atoms with Crippen LogP contribution in [0.3, 0.4) is 0 Å². The highest BCUT2D eigenvalue weighted by Crippen LogP contribution is 2.50. The third-order valence-corrected chi connectivity index (χ3v) is 12.0. The lowest BCUT2D eigenvalue weighted by Gasteiger charge is -2.34. The predicted molar refractivity (Wildman–Crippen MR) is 214 cm³/mol. The topological polar surface area (TPSA) is 9.49 Å². The van der Waals surface area contributed by atoms with Crippen molar-refractivity contribution < 1.29 is 30.9 Å². The summed E-state index contributed by atoms with van der Waals surface area (Å²) in [5.41, 5.74) is 6.60. The van der Waals surface area contributed by atoms with Gasteiger partial charge in [0.1, 0.15) is 6.54 Å². The van der Waals surface area contributed by atoms with Gasteiger partial charge in [0.05, 0.1) is 22.2 Å². The highest BCUT2D eigenvalue weighted by atomic mass is 19.4. The van der Waals surface area contributed by atoms with E-state index < -0.39 is 34.3 Å². The first-order valence-electron chi connectivity index (χ1n) is 19.3. The van der Waals surface area contributed by atoms with Gasteiger partial charge in [0, 0.05) is 52.8 Å². The Balaban J connectivity index is 1.34. The summed E-state index contributed by atoms with van der Waals surface area (Å²) >= 11 is 0. The van der Waals surface area contributed by atoms with Gasteiger partial charge in [-0.15, -0.1) is 0 Å². The SMILES string of the molecule is CCN1c2ccc(C(F)(F)F)cc2C(C)(C)C1C/C=C1\CCC(/C=C/C2=[N+](CC)c3ccc(C(F)(F)F)cc3C2(C)C)=C1N(c1ccccc1)c1ccccc1. The summed E-state index contributed by atoms with van der Waals surface area (Å²) in [6, 6.07) is 28.4. The first kappa shape index (κ1) is 39.2. The van der Waals surface area contributed by atoms with Gasteiger partial charge in [0.2, 0.25) is 5.69 Å². The molecule has 1 unspecified atom stereocenters. The molecule has 0 N–H and O–H groups in total. The van der Waals surface area contributed by atoms with Crippen molar-refractivity contribution in [3.05, 3.63) is 154 Å². The Morgan fingerprint density at radius 3 is 1.86 bits per heavy atom. The highest BCUT2D eigenvalue weighted by Gasteiger charge is 2.47. The minimum absolute atomic E-state index is 0.0747. The van der Waals surface area contributed by atoms with E-state index in [1.54, 1.807) is 12.1 Å². The summed E-state index contributed by atoms with van der Waals surface area (Å²) in [6.07, 6.45) is -0.268. The van der Waals surface area contributed by atoms with E-state index in [1.807, 2.05) is 77.9 Å². The first-order chi connectivity index (χ1) is 26.5. The number of hydrogen-bond acceptors (Lipinski definition) is 2. The summed E-state index contributed by atoms with van der Waals surface area (Å²) in [5, 5.41) is 0. The van der Waals surface area contributed by atoms with Crippen molar-refractivity contribution in [3.8, 4) is 0 Å². The maximum Gasteiger partial charge on any atom is 0.416 e. The number of halogens is 6. The molecule has 0 saturated carbocycles. The van der Waals surface area contributed by atoms with Crippen LogP contribution in [0.5, 0.6) is 0 Å². The van der Waals surface area contributed by atoms with Crippen LogP contribution in [0.1, 0.15) is 83.1 Å². The molecular weight excluding hydrogens is 721 g/mol. The molecule has 0 saturated heterocycles. The van der Waals surface area contributed by atoms with E-state index >= 15 is 0 Å². The van der Waals surface area contributed by atoms with Gasteiger partial charge < -0.3 is 9.80 Å². The summed E-state index contributed by atoms with van der Waals surface area (Å²) in [6.45, 7) is 13.4. The Labute approximate surface area is 326 Å². The fraction of sp³-hybridized carbons (Fsp3) is 0.340. The number of para-hydroxylation sites is 2. The number of fused-ring (bicyclic) bond motifs is 2. The van der Waals surface area contributed by atoms with E-state index in [9.17, 15) is 26.3 Å². The van der Waals surface area contributed by atoms with Crippen LogP contribution in [-0.4, -0.2) is 29.4 Å². The Hall–Kier alpha value is -5.05. The van der Waals surface area contributed by atoms with Crippen molar-refractivity contribution in [2.45, 2.75) is 90.0 Å². The summed E-state index contributed by atoms with van der Waals surface area (Å²) in [5.74, 6) is 0. The monoisotopic (exact) mass is 768 g/mol. The fourth-order valence-corrected chi connectivity index (χ4v) is 9.08. The number of hydrogen-bond donors (Lipinski definition) is 0. The van der Waals surface area contributed by atoms with Crippen LogP contribution >= 0.6 is 0 Å². The summed E-state index contributed by atoms with van der Waals surface area (Å²) in [7, 11) is 0. The smallest absolute Gasteiger partial charge is 0.367 e. The number of allylic oxidation sites excluding steroid dienone is 4. The van der Waals surface area contributed by atoms with E-state index in [2.05, 4.69) is 56.9 Å². The van der Waals surface area contributed by atoms with E-state index in [0.717, 1.165) is 64.2 Å². The Morgan fingerprint density at radius 1 is 0.732 bits per heavy atom. The number of alkyl halides is 6. The molecule has 3 aliphatic rings. The largest absolute Gasteiger partial charge is 0.416 e. The Bertz CT molecular complexity index is 2200. The molecule has 0 amide bonds. The average molecular weight is 769 g/mol. The molecule has 3 nitrogen and oxygen atoms in total. The number of benzene rings is 4. The third-order valence-electron chi connectivity index (χ3n) is 12.0. The minimum Gasteiger partial charge on any atom is -0.367 e. The van der Waals surface area contributed by atoms with Crippen LogP contribution in [-0.2, 0) is 23.2 Å². The van der Waals surface area contributed by atoms with Crippen molar-refractivity contribution in [2.24, 2.45) is 0 Å². The maximum atomic E-state index is 13.9. The van der Waals surface area contributed by atoms with E-state index in [-0.39, 0.29) is 6.04 Å². The molecule has 4 aromatic rings. The van der Waals surface area contributed by atoms with Gasteiger partial charge in [0.25, 0.3) is 0 Å². The van der Waals surface area contributed by atoms with Gasteiger partial charge in [-0.3, -0.25) is 0 Å². The molecular formula is C47H48F6N3+. The zero-order valence-corrected chi connectivity index (χ0v) is 32.7. The Kier molecular flexibility index (Phi) is 10.1. The van der Waals surface area contributed by atoms with Gasteiger partial charge in [-0.1, -0.05) is 62.4 Å². The van der Waals surface area contributed by atoms with E-state index in [1.165, 1.54) is 18.2 Å². The van der Waals surface area contributed by atoms with Crippen molar-refractivity contribution in [3.63, 3.8) is 0 Å². The highest BCUT2D eigenvalue weighted by molar-refractivity contribution is 6.03.